The molecule has 2 aromatic heterocycles. The molecule has 12 nitrogen and oxygen atoms in total. The van der Waals surface area contributed by atoms with Crippen LogP contribution in [0.1, 0.15) is 22.3 Å². The van der Waals surface area contributed by atoms with Crippen LogP contribution in [0.3, 0.4) is 0 Å². The highest BCUT2D eigenvalue weighted by molar-refractivity contribution is 5.46. The highest BCUT2D eigenvalue weighted by atomic mass is 19.4. The fraction of sp³-hybridized carbons (Fsp3) is 0.154. The number of aromatic nitrogens is 4. The maximum Gasteiger partial charge on any atom is 0.440 e. The van der Waals surface area contributed by atoms with Crippen LogP contribution in [0.4, 0.5) is 26.3 Å². The minimum atomic E-state index is -4.93. The minimum absolute atomic E-state index is 0.0572. The number of H-pyrrole nitrogens is 2. The second kappa shape index (κ2) is 11.2. The summed E-state index contributed by atoms with van der Waals surface area (Å²) in [5.41, 5.74) is -4.54. The van der Waals surface area contributed by atoms with Crippen molar-refractivity contribution >= 4 is 0 Å². The van der Waals surface area contributed by atoms with Crippen molar-refractivity contribution < 1.29 is 44.9 Å². The summed E-state index contributed by atoms with van der Waals surface area (Å²) >= 11 is 0. The molecule has 0 radical (unpaired) electrons. The zero-order valence-electron chi connectivity index (χ0n) is 21.6. The molecule has 2 heterocycles. The van der Waals surface area contributed by atoms with Gasteiger partial charge in [0.1, 0.15) is 23.0 Å². The average molecular weight is 626 g/mol. The maximum atomic E-state index is 13.9. The van der Waals surface area contributed by atoms with Gasteiger partial charge in [-0.15, -0.1) is 9.48 Å². The van der Waals surface area contributed by atoms with Gasteiger partial charge in [0, 0.05) is 6.07 Å². The van der Waals surface area contributed by atoms with Crippen LogP contribution in [-0.4, -0.2) is 19.4 Å². The Morgan fingerprint density at radius 2 is 1.02 bits per heavy atom. The fourth-order valence-corrected chi connectivity index (χ4v) is 4.00. The van der Waals surface area contributed by atoms with E-state index in [1.54, 1.807) is 9.97 Å². The molecular weight excluding hydrogens is 610 g/mol. The smallest absolute Gasteiger partial charge is 0.440 e. The topological polar surface area (TPSA) is 154 Å². The number of nitrogens with zero attached hydrogens (tertiary/aromatic N) is 2. The Balaban J connectivity index is 1.40. The van der Waals surface area contributed by atoms with E-state index < -0.39 is 71.0 Å². The number of ether oxygens (including phenoxy) is 2. The molecule has 5 rings (SSSR count). The van der Waals surface area contributed by atoms with Gasteiger partial charge in [0.25, 0.3) is 0 Å². The summed E-state index contributed by atoms with van der Waals surface area (Å²) in [5, 5.41) is 0. The first kappa shape index (κ1) is 29.8. The molecule has 230 valence electrons. The Labute approximate surface area is 238 Å². The van der Waals surface area contributed by atoms with Crippen LogP contribution in [0.25, 0.3) is 0 Å². The summed E-state index contributed by atoms with van der Waals surface area (Å²) in [6.07, 6.45) is -9.86. The van der Waals surface area contributed by atoms with Gasteiger partial charge in [-0.2, -0.15) is 26.3 Å². The van der Waals surface area contributed by atoms with Crippen LogP contribution >= 0.6 is 0 Å². The third-order valence-electron chi connectivity index (χ3n) is 5.87. The summed E-state index contributed by atoms with van der Waals surface area (Å²) in [6, 6.07) is 10.5. The van der Waals surface area contributed by atoms with Crippen LogP contribution < -0.4 is 32.4 Å². The number of aromatic amines is 2. The standard InChI is InChI=1S/C26H16F6N4O8/c27-25(28,29)17-8-13(11-35-21(37)33-23(39)43-35)4-6-19(17)41-15-2-1-3-16(10-15)42-20-7-5-14(9-18(20)26(30,31)32)12-36-22(38)34-24(40)44-36/h1-10H,11-12H2,(H,33,37,39)(H,34,38,40). The Bertz CT molecular complexity index is 1920. The van der Waals surface area contributed by atoms with E-state index >= 15 is 0 Å². The van der Waals surface area contributed by atoms with Crippen LogP contribution in [0.5, 0.6) is 23.0 Å². The molecule has 0 spiro atoms. The quantitative estimate of drug-likeness (QED) is 0.242. The molecule has 5 aromatic rings. The van der Waals surface area contributed by atoms with Crippen LogP contribution in [0.2, 0.25) is 0 Å². The highest BCUT2D eigenvalue weighted by Gasteiger charge is 2.36. The van der Waals surface area contributed by atoms with Gasteiger partial charge in [-0.1, -0.05) is 18.2 Å². The van der Waals surface area contributed by atoms with E-state index in [9.17, 15) is 45.5 Å². The monoisotopic (exact) mass is 626 g/mol. The van der Waals surface area contributed by atoms with Crippen LogP contribution in [0, 0.1) is 0 Å². The highest BCUT2D eigenvalue weighted by Crippen LogP contribution is 2.41. The van der Waals surface area contributed by atoms with Gasteiger partial charge in [0.15, 0.2) is 0 Å². The number of hydrogen-bond acceptors (Lipinski definition) is 8. The molecule has 0 bridgehead atoms. The number of nitrogens with one attached hydrogen (secondary N) is 2. The zero-order valence-corrected chi connectivity index (χ0v) is 21.6. The van der Waals surface area contributed by atoms with Crippen molar-refractivity contribution in [1.82, 2.24) is 19.4 Å². The molecule has 0 saturated carbocycles. The summed E-state index contributed by atoms with van der Waals surface area (Å²) in [6.45, 7) is -0.998. The molecule has 0 aliphatic heterocycles. The second-order valence-corrected chi connectivity index (χ2v) is 9.03. The Hall–Kier alpha value is -5.68. The summed E-state index contributed by atoms with van der Waals surface area (Å²) in [4.78, 5) is 49.2. The lowest BCUT2D eigenvalue weighted by atomic mass is 10.1. The molecule has 0 atom stereocenters. The molecule has 0 aliphatic rings. The number of hydrogen-bond donors (Lipinski definition) is 2. The van der Waals surface area contributed by atoms with Gasteiger partial charge < -0.3 is 18.5 Å². The molecule has 0 saturated heterocycles. The molecule has 0 amide bonds. The molecular formula is C26H16F6N4O8. The Kier molecular flexibility index (Phi) is 7.58. The zero-order chi connectivity index (χ0) is 31.8. The second-order valence-electron chi connectivity index (χ2n) is 9.03. The first-order chi connectivity index (χ1) is 20.7. The fourth-order valence-electron chi connectivity index (χ4n) is 4.00. The molecule has 0 fully saturated rings. The van der Waals surface area contributed by atoms with Crippen molar-refractivity contribution in [2.24, 2.45) is 0 Å². The van der Waals surface area contributed by atoms with E-state index in [-0.39, 0.29) is 22.6 Å². The predicted molar refractivity (Wildman–Crippen MR) is 135 cm³/mol. The lowest BCUT2D eigenvalue weighted by molar-refractivity contribution is -0.139. The molecule has 2 N–H and O–H groups in total. The Morgan fingerprint density at radius 1 is 0.614 bits per heavy atom. The first-order valence-corrected chi connectivity index (χ1v) is 12.1. The molecule has 44 heavy (non-hydrogen) atoms. The van der Waals surface area contributed by atoms with Gasteiger partial charge in [0.2, 0.25) is 0 Å². The lowest BCUT2D eigenvalue weighted by Crippen LogP contribution is -2.18. The third-order valence-corrected chi connectivity index (χ3v) is 5.87. The predicted octanol–water partition coefficient (Wildman–Crippen LogP) is 4.29. The van der Waals surface area contributed by atoms with E-state index in [0.717, 1.165) is 18.2 Å². The Morgan fingerprint density at radius 3 is 1.36 bits per heavy atom. The van der Waals surface area contributed by atoms with E-state index in [2.05, 4.69) is 9.05 Å². The number of rotatable bonds is 8. The normalized spacial score (nSPS) is 12.0. The van der Waals surface area contributed by atoms with E-state index in [4.69, 9.17) is 9.47 Å². The lowest BCUT2D eigenvalue weighted by Gasteiger charge is -2.17. The van der Waals surface area contributed by atoms with E-state index in [0.29, 0.717) is 21.6 Å². The average Bonchev–Trinajstić information content (AvgIpc) is 3.42. The number of benzene rings is 3. The van der Waals surface area contributed by atoms with Crippen molar-refractivity contribution in [3.8, 4) is 23.0 Å². The maximum absolute atomic E-state index is 13.9. The van der Waals surface area contributed by atoms with Crippen LogP contribution in [-0.2, 0) is 25.4 Å². The minimum Gasteiger partial charge on any atom is -0.457 e. The van der Waals surface area contributed by atoms with Gasteiger partial charge in [-0.05, 0) is 47.5 Å². The van der Waals surface area contributed by atoms with E-state index in [1.807, 2.05) is 0 Å². The van der Waals surface area contributed by atoms with Crippen molar-refractivity contribution in [2.75, 3.05) is 0 Å². The van der Waals surface area contributed by atoms with Crippen molar-refractivity contribution in [3.63, 3.8) is 0 Å². The summed E-state index contributed by atoms with van der Waals surface area (Å²) < 4.78 is 104. The van der Waals surface area contributed by atoms with Crippen molar-refractivity contribution in [2.45, 2.75) is 25.4 Å². The van der Waals surface area contributed by atoms with E-state index in [1.165, 1.54) is 30.3 Å². The summed E-state index contributed by atoms with van der Waals surface area (Å²) in [5.74, 6) is -3.97. The van der Waals surface area contributed by atoms with Gasteiger partial charge in [0.05, 0.1) is 24.2 Å². The third kappa shape index (κ3) is 6.69. The van der Waals surface area contributed by atoms with Crippen LogP contribution in [0.15, 0.2) is 88.9 Å². The SMILES string of the molecule is O=c1[nH]c(=O)n(Cc2ccc(Oc3cccc(Oc4ccc(Cn5oc(=O)[nH]c5=O)cc4C(F)(F)F)c3)c(C(F)(F)F)c2)o1. The largest absolute Gasteiger partial charge is 0.457 e. The molecule has 3 aromatic carbocycles. The van der Waals surface area contributed by atoms with Gasteiger partial charge in [-0.3, -0.25) is 0 Å². The van der Waals surface area contributed by atoms with Crippen molar-refractivity contribution in [1.29, 1.82) is 0 Å². The molecule has 0 unspecified atom stereocenters. The van der Waals surface area contributed by atoms with Gasteiger partial charge >= 0.3 is 35.2 Å². The molecule has 18 heteroatoms. The summed E-state index contributed by atoms with van der Waals surface area (Å²) in [7, 11) is 0. The first-order valence-electron chi connectivity index (χ1n) is 12.1. The van der Waals surface area contributed by atoms with Crippen molar-refractivity contribution in [3.05, 3.63) is 125 Å². The number of halogens is 6. The molecule has 0 aliphatic carbocycles. The van der Waals surface area contributed by atoms with Gasteiger partial charge in [-0.25, -0.2) is 29.1 Å². The number of alkyl halides is 6.